The number of hydrogen-bond acceptors (Lipinski definition) is 4. The average Bonchev–Trinajstić information content (AvgIpc) is 2.38. The van der Waals surface area contributed by atoms with Gasteiger partial charge in [0, 0.05) is 38.3 Å². The topological polar surface area (TPSA) is 76.0 Å². The van der Waals surface area contributed by atoms with Crippen LogP contribution in [0.5, 0.6) is 0 Å². The van der Waals surface area contributed by atoms with Gasteiger partial charge in [-0.15, -0.1) is 0 Å². The lowest BCUT2D eigenvalue weighted by atomic mass is 9.95. The largest absolute Gasteiger partial charge is 0.395 e. The maximum absolute atomic E-state index is 12.1. The standard InChI is InChI=1S/C14H27N3O3/c18-8-6-16(7-9-19)13-10-17(11-13)14(20)15-12-4-2-1-3-5-12/h12-13,18-19H,1-11H2,(H,15,20). The molecule has 0 unspecified atom stereocenters. The van der Waals surface area contributed by atoms with E-state index in [-0.39, 0.29) is 25.3 Å². The van der Waals surface area contributed by atoms with E-state index < -0.39 is 0 Å². The molecular formula is C14H27N3O3. The molecular weight excluding hydrogens is 258 g/mol. The second-order valence-electron chi connectivity index (χ2n) is 5.83. The molecule has 2 amide bonds. The van der Waals surface area contributed by atoms with Crippen molar-refractivity contribution in [2.75, 3.05) is 39.4 Å². The van der Waals surface area contributed by atoms with Crippen molar-refractivity contribution < 1.29 is 15.0 Å². The zero-order valence-electron chi connectivity index (χ0n) is 12.1. The highest BCUT2D eigenvalue weighted by Crippen LogP contribution is 2.19. The van der Waals surface area contributed by atoms with Crippen LogP contribution in [-0.4, -0.2) is 77.5 Å². The lowest BCUT2D eigenvalue weighted by molar-refractivity contribution is 0.0348. The van der Waals surface area contributed by atoms with Crippen LogP contribution in [0.15, 0.2) is 0 Å². The van der Waals surface area contributed by atoms with Gasteiger partial charge in [-0.2, -0.15) is 0 Å². The molecule has 0 aromatic heterocycles. The summed E-state index contributed by atoms with van der Waals surface area (Å²) < 4.78 is 0. The Balaban J connectivity index is 1.69. The first-order valence-corrected chi connectivity index (χ1v) is 7.75. The van der Waals surface area contributed by atoms with E-state index in [0.29, 0.717) is 32.2 Å². The van der Waals surface area contributed by atoms with Gasteiger partial charge in [0.25, 0.3) is 0 Å². The van der Waals surface area contributed by atoms with Crippen LogP contribution in [0.3, 0.4) is 0 Å². The summed E-state index contributed by atoms with van der Waals surface area (Å²) >= 11 is 0. The van der Waals surface area contributed by atoms with Crippen LogP contribution in [0, 0.1) is 0 Å². The summed E-state index contributed by atoms with van der Waals surface area (Å²) in [5.74, 6) is 0. The molecule has 1 saturated carbocycles. The van der Waals surface area contributed by atoms with E-state index in [9.17, 15) is 4.79 Å². The van der Waals surface area contributed by atoms with Gasteiger partial charge in [-0.25, -0.2) is 4.79 Å². The van der Waals surface area contributed by atoms with Crippen LogP contribution in [0.2, 0.25) is 0 Å². The molecule has 0 bridgehead atoms. The SMILES string of the molecule is O=C(NC1CCCCC1)N1CC(N(CCO)CCO)C1. The van der Waals surface area contributed by atoms with E-state index in [2.05, 4.69) is 5.32 Å². The first-order valence-electron chi connectivity index (χ1n) is 7.75. The quantitative estimate of drug-likeness (QED) is 0.642. The number of aliphatic hydroxyl groups excluding tert-OH is 2. The van der Waals surface area contributed by atoms with Crippen molar-refractivity contribution in [3.8, 4) is 0 Å². The zero-order valence-corrected chi connectivity index (χ0v) is 12.1. The molecule has 1 saturated heterocycles. The minimum absolute atomic E-state index is 0.0427. The summed E-state index contributed by atoms with van der Waals surface area (Å²) in [4.78, 5) is 15.9. The summed E-state index contributed by atoms with van der Waals surface area (Å²) in [5.41, 5.74) is 0. The Kier molecular flexibility index (Phi) is 6.06. The monoisotopic (exact) mass is 285 g/mol. The third-order valence-electron chi connectivity index (χ3n) is 4.37. The Morgan fingerprint density at radius 3 is 2.25 bits per heavy atom. The van der Waals surface area contributed by atoms with Gasteiger partial charge in [0.2, 0.25) is 0 Å². The molecule has 0 atom stereocenters. The Morgan fingerprint density at radius 1 is 1.10 bits per heavy atom. The second kappa shape index (κ2) is 7.81. The third kappa shape index (κ3) is 4.07. The van der Waals surface area contributed by atoms with Crippen LogP contribution in [0.25, 0.3) is 0 Å². The second-order valence-corrected chi connectivity index (χ2v) is 5.83. The molecule has 0 aromatic carbocycles. The number of hydrogen-bond donors (Lipinski definition) is 3. The van der Waals surface area contributed by atoms with Crippen LogP contribution < -0.4 is 5.32 Å². The van der Waals surface area contributed by atoms with E-state index in [1.54, 1.807) is 0 Å². The highest BCUT2D eigenvalue weighted by atomic mass is 16.3. The van der Waals surface area contributed by atoms with E-state index >= 15 is 0 Å². The normalized spacial score (nSPS) is 21.1. The van der Waals surface area contributed by atoms with Crippen molar-refractivity contribution in [2.45, 2.75) is 44.2 Å². The fraction of sp³-hybridized carbons (Fsp3) is 0.929. The number of nitrogens with one attached hydrogen (secondary N) is 1. The van der Waals surface area contributed by atoms with Crippen molar-refractivity contribution in [1.29, 1.82) is 0 Å². The highest BCUT2D eigenvalue weighted by Gasteiger charge is 2.35. The fourth-order valence-corrected chi connectivity index (χ4v) is 3.10. The molecule has 2 aliphatic rings. The Hall–Kier alpha value is -0.850. The minimum Gasteiger partial charge on any atom is -0.395 e. The number of rotatable bonds is 6. The third-order valence-corrected chi connectivity index (χ3v) is 4.37. The zero-order chi connectivity index (χ0) is 14.4. The van der Waals surface area contributed by atoms with E-state index in [1.807, 2.05) is 9.80 Å². The maximum atomic E-state index is 12.1. The van der Waals surface area contributed by atoms with Crippen LogP contribution in [0.1, 0.15) is 32.1 Å². The average molecular weight is 285 g/mol. The molecule has 0 aromatic rings. The van der Waals surface area contributed by atoms with E-state index in [1.165, 1.54) is 19.3 Å². The van der Waals surface area contributed by atoms with E-state index in [0.717, 1.165) is 12.8 Å². The highest BCUT2D eigenvalue weighted by molar-refractivity contribution is 5.75. The summed E-state index contributed by atoms with van der Waals surface area (Å²) in [6.07, 6.45) is 5.92. The van der Waals surface area contributed by atoms with Crippen molar-refractivity contribution in [1.82, 2.24) is 15.1 Å². The Bertz CT molecular complexity index is 296. The summed E-state index contributed by atoms with van der Waals surface area (Å²) in [5, 5.41) is 21.1. The van der Waals surface area contributed by atoms with Gasteiger partial charge in [-0.1, -0.05) is 19.3 Å². The molecule has 6 heteroatoms. The van der Waals surface area contributed by atoms with Gasteiger partial charge in [0.15, 0.2) is 0 Å². The molecule has 2 rings (SSSR count). The molecule has 0 radical (unpaired) electrons. The fourth-order valence-electron chi connectivity index (χ4n) is 3.10. The smallest absolute Gasteiger partial charge is 0.317 e. The van der Waals surface area contributed by atoms with Crippen molar-refractivity contribution in [3.05, 3.63) is 0 Å². The van der Waals surface area contributed by atoms with Gasteiger partial charge >= 0.3 is 6.03 Å². The summed E-state index contributed by atoms with van der Waals surface area (Å²) in [6.45, 7) is 2.68. The molecule has 20 heavy (non-hydrogen) atoms. The number of urea groups is 1. The number of amides is 2. The summed E-state index contributed by atoms with van der Waals surface area (Å²) in [6, 6.07) is 0.661. The van der Waals surface area contributed by atoms with E-state index in [4.69, 9.17) is 10.2 Å². The minimum atomic E-state index is 0.0427. The lowest BCUT2D eigenvalue weighted by Crippen LogP contribution is -2.64. The molecule has 2 fully saturated rings. The van der Waals surface area contributed by atoms with Crippen LogP contribution in [0.4, 0.5) is 4.79 Å². The maximum Gasteiger partial charge on any atom is 0.317 e. The Labute approximate surface area is 120 Å². The van der Waals surface area contributed by atoms with Crippen molar-refractivity contribution in [3.63, 3.8) is 0 Å². The Morgan fingerprint density at radius 2 is 1.70 bits per heavy atom. The molecule has 3 N–H and O–H groups in total. The summed E-state index contributed by atoms with van der Waals surface area (Å²) in [7, 11) is 0. The van der Waals surface area contributed by atoms with Gasteiger partial charge < -0.3 is 20.4 Å². The molecule has 116 valence electrons. The number of nitrogens with zero attached hydrogens (tertiary/aromatic N) is 2. The molecule has 0 spiro atoms. The lowest BCUT2D eigenvalue weighted by Gasteiger charge is -2.45. The van der Waals surface area contributed by atoms with Gasteiger partial charge in [0.1, 0.15) is 0 Å². The predicted octanol–water partition coefficient (Wildman–Crippen LogP) is -0.000500. The van der Waals surface area contributed by atoms with Gasteiger partial charge in [-0.3, -0.25) is 4.90 Å². The van der Waals surface area contributed by atoms with Gasteiger partial charge in [-0.05, 0) is 12.8 Å². The number of aliphatic hydroxyl groups is 2. The van der Waals surface area contributed by atoms with Crippen molar-refractivity contribution >= 4 is 6.03 Å². The van der Waals surface area contributed by atoms with Gasteiger partial charge in [0.05, 0.1) is 13.2 Å². The van der Waals surface area contributed by atoms with Crippen LogP contribution >= 0.6 is 0 Å². The molecule has 1 heterocycles. The molecule has 6 nitrogen and oxygen atoms in total. The number of likely N-dealkylation sites (tertiary alicyclic amines) is 1. The van der Waals surface area contributed by atoms with Crippen LogP contribution in [-0.2, 0) is 0 Å². The number of carbonyl (C=O) groups excluding carboxylic acids is 1. The first-order chi connectivity index (χ1) is 9.74. The first kappa shape index (κ1) is 15.5. The van der Waals surface area contributed by atoms with Crippen molar-refractivity contribution in [2.24, 2.45) is 0 Å². The molecule has 1 aliphatic heterocycles. The number of carbonyl (C=O) groups is 1. The predicted molar refractivity (Wildman–Crippen MR) is 76.5 cm³/mol. The molecule has 1 aliphatic carbocycles.